The Morgan fingerprint density at radius 3 is 2.32 bits per heavy atom. The van der Waals surface area contributed by atoms with Crippen molar-refractivity contribution in [3.05, 3.63) is 65.0 Å². The van der Waals surface area contributed by atoms with Crippen molar-refractivity contribution >= 4 is 33.2 Å². The maximum atomic E-state index is 12.3. The summed E-state index contributed by atoms with van der Waals surface area (Å²) < 4.78 is 30.5. The third-order valence-corrected chi connectivity index (χ3v) is 4.56. The minimum Gasteiger partial charge on any atom is -0.418 e. The van der Waals surface area contributed by atoms with Crippen LogP contribution in [0.2, 0.25) is 5.02 Å². The Balaban J connectivity index is 1.69. The van der Waals surface area contributed by atoms with Crippen molar-refractivity contribution < 1.29 is 17.6 Å². The molecule has 0 saturated carbocycles. The molecular weight excluding hydrogens is 404 g/mol. The van der Waals surface area contributed by atoms with Gasteiger partial charge in [-0.2, -0.15) is 0 Å². The van der Waals surface area contributed by atoms with Crippen LogP contribution < -0.4 is 10.0 Å². The molecule has 1 amide bonds. The molecule has 3 aromatic rings. The Bertz CT molecular complexity index is 1080. The standard InChI is InChI=1S/C18H17ClN4O4S/c1-11(20-16(24)12-3-7-14(19)8-4-12)17-21-22-18(27-17)13-5-9-15(10-6-13)23-28(2,25)26/h3-11,23H,1-2H3,(H,20,24)/t11-/m1/s1. The largest absolute Gasteiger partial charge is 0.418 e. The highest BCUT2D eigenvalue weighted by Gasteiger charge is 2.18. The summed E-state index contributed by atoms with van der Waals surface area (Å²) in [4.78, 5) is 12.3. The zero-order valence-electron chi connectivity index (χ0n) is 15.0. The van der Waals surface area contributed by atoms with Crippen molar-refractivity contribution in [2.24, 2.45) is 0 Å². The molecule has 1 heterocycles. The number of amides is 1. The Hall–Kier alpha value is -2.91. The summed E-state index contributed by atoms with van der Waals surface area (Å²) in [7, 11) is -3.35. The zero-order valence-corrected chi connectivity index (χ0v) is 16.6. The van der Waals surface area contributed by atoms with Gasteiger partial charge in [-0.3, -0.25) is 9.52 Å². The lowest BCUT2D eigenvalue weighted by Gasteiger charge is -2.10. The predicted octanol–water partition coefficient (Wildman–Crippen LogP) is 3.25. The zero-order chi connectivity index (χ0) is 20.3. The smallest absolute Gasteiger partial charge is 0.251 e. The van der Waals surface area contributed by atoms with E-state index in [0.29, 0.717) is 21.8 Å². The second-order valence-corrected chi connectivity index (χ2v) is 8.28. The number of nitrogens with zero attached hydrogens (tertiary/aromatic N) is 2. The maximum absolute atomic E-state index is 12.3. The lowest BCUT2D eigenvalue weighted by molar-refractivity contribution is 0.0934. The Kier molecular flexibility index (Phi) is 5.66. The van der Waals surface area contributed by atoms with Crippen LogP contribution in [0.4, 0.5) is 5.69 Å². The molecule has 2 N–H and O–H groups in total. The molecule has 10 heteroatoms. The monoisotopic (exact) mass is 420 g/mol. The molecule has 0 fully saturated rings. The highest BCUT2D eigenvalue weighted by atomic mass is 35.5. The molecule has 1 aromatic heterocycles. The maximum Gasteiger partial charge on any atom is 0.251 e. The van der Waals surface area contributed by atoms with Gasteiger partial charge in [0.15, 0.2) is 0 Å². The van der Waals surface area contributed by atoms with Crippen LogP contribution in [-0.2, 0) is 10.0 Å². The minimum atomic E-state index is -3.35. The van der Waals surface area contributed by atoms with E-state index in [0.717, 1.165) is 6.26 Å². The number of aromatic nitrogens is 2. The summed E-state index contributed by atoms with van der Waals surface area (Å²) in [5.41, 5.74) is 1.51. The summed E-state index contributed by atoms with van der Waals surface area (Å²) in [5, 5.41) is 11.3. The van der Waals surface area contributed by atoms with Gasteiger partial charge in [0.1, 0.15) is 6.04 Å². The molecule has 8 nitrogen and oxygen atoms in total. The third-order valence-electron chi connectivity index (χ3n) is 3.70. The highest BCUT2D eigenvalue weighted by molar-refractivity contribution is 7.92. The molecule has 0 bridgehead atoms. The van der Waals surface area contributed by atoms with Crippen molar-refractivity contribution in [1.82, 2.24) is 15.5 Å². The van der Waals surface area contributed by atoms with E-state index in [1.165, 1.54) is 0 Å². The van der Waals surface area contributed by atoms with Crippen LogP contribution in [-0.4, -0.2) is 30.8 Å². The van der Waals surface area contributed by atoms with Crippen LogP contribution >= 0.6 is 11.6 Å². The van der Waals surface area contributed by atoms with Gasteiger partial charge in [0.25, 0.3) is 5.91 Å². The van der Waals surface area contributed by atoms with Crippen LogP contribution in [0.15, 0.2) is 52.9 Å². The molecule has 146 valence electrons. The number of halogens is 1. The van der Waals surface area contributed by atoms with Crippen LogP contribution in [0.5, 0.6) is 0 Å². The number of nitrogens with one attached hydrogen (secondary N) is 2. The Morgan fingerprint density at radius 1 is 1.07 bits per heavy atom. The highest BCUT2D eigenvalue weighted by Crippen LogP contribution is 2.23. The predicted molar refractivity (Wildman–Crippen MR) is 106 cm³/mol. The first-order valence-electron chi connectivity index (χ1n) is 8.19. The van der Waals surface area contributed by atoms with Gasteiger partial charge in [-0.05, 0) is 55.5 Å². The van der Waals surface area contributed by atoms with E-state index in [1.54, 1.807) is 55.5 Å². The second kappa shape index (κ2) is 7.99. The van der Waals surface area contributed by atoms with Crippen LogP contribution in [0.1, 0.15) is 29.2 Å². The number of hydrogen-bond acceptors (Lipinski definition) is 6. The second-order valence-electron chi connectivity index (χ2n) is 6.10. The summed E-state index contributed by atoms with van der Waals surface area (Å²) >= 11 is 5.82. The van der Waals surface area contributed by atoms with Gasteiger partial charge in [-0.25, -0.2) is 8.42 Å². The fourth-order valence-electron chi connectivity index (χ4n) is 2.36. The van der Waals surface area contributed by atoms with E-state index in [-0.39, 0.29) is 17.7 Å². The Morgan fingerprint density at radius 2 is 1.71 bits per heavy atom. The molecule has 0 aliphatic rings. The molecule has 28 heavy (non-hydrogen) atoms. The number of hydrogen-bond donors (Lipinski definition) is 2. The molecule has 0 radical (unpaired) electrons. The van der Waals surface area contributed by atoms with Gasteiger partial charge >= 0.3 is 0 Å². The van der Waals surface area contributed by atoms with Crippen LogP contribution in [0.25, 0.3) is 11.5 Å². The number of benzene rings is 2. The van der Waals surface area contributed by atoms with Crippen molar-refractivity contribution in [1.29, 1.82) is 0 Å². The van der Waals surface area contributed by atoms with Gasteiger partial charge in [-0.15, -0.1) is 10.2 Å². The number of carbonyl (C=O) groups excluding carboxylic acids is 1. The van der Waals surface area contributed by atoms with E-state index in [1.807, 2.05) is 0 Å². The first kappa shape index (κ1) is 19.8. The first-order chi connectivity index (χ1) is 13.2. The molecule has 0 aliphatic carbocycles. The lowest BCUT2D eigenvalue weighted by atomic mass is 10.2. The third kappa shape index (κ3) is 5.08. The van der Waals surface area contributed by atoms with E-state index in [2.05, 4.69) is 20.2 Å². The van der Waals surface area contributed by atoms with Crippen LogP contribution in [0.3, 0.4) is 0 Å². The topological polar surface area (TPSA) is 114 Å². The molecule has 2 aromatic carbocycles. The molecular formula is C18H17ClN4O4S. The van der Waals surface area contributed by atoms with Crippen molar-refractivity contribution in [2.75, 3.05) is 11.0 Å². The molecule has 3 rings (SSSR count). The van der Waals surface area contributed by atoms with Crippen LogP contribution in [0, 0.1) is 0 Å². The van der Waals surface area contributed by atoms with Crippen molar-refractivity contribution in [3.63, 3.8) is 0 Å². The minimum absolute atomic E-state index is 0.246. The first-order valence-corrected chi connectivity index (χ1v) is 10.5. The quantitative estimate of drug-likeness (QED) is 0.632. The summed E-state index contributed by atoms with van der Waals surface area (Å²) in [6, 6.07) is 12.5. The fraction of sp³-hybridized carbons (Fsp3) is 0.167. The number of rotatable bonds is 6. The summed E-state index contributed by atoms with van der Waals surface area (Å²) in [5.74, 6) is 0.212. The van der Waals surface area contributed by atoms with Gasteiger partial charge in [0, 0.05) is 21.8 Å². The average Bonchev–Trinajstić information content (AvgIpc) is 3.12. The number of anilines is 1. The van der Waals surface area contributed by atoms with E-state index >= 15 is 0 Å². The number of carbonyl (C=O) groups is 1. The van der Waals surface area contributed by atoms with Gasteiger partial charge in [0.05, 0.1) is 6.26 Å². The Labute approximate surface area is 167 Å². The molecule has 0 saturated heterocycles. The molecule has 1 atom stereocenters. The summed E-state index contributed by atoms with van der Waals surface area (Å²) in [6.45, 7) is 1.73. The van der Waals surface area contributed by atoms with Crippen molar-refractivity contribution in [2.45, 2.75) is 13.0 Å². The number of sulfonamides is 1. The van der Waals surface area contributed by atoms with Gasteiger partial charge < -0.3 is 9.73 Å². The fourth-order valence-corrected chi connectivity index (χ4v) is 3.05. The SMILES string of the molecule is C[C@@H](NC(=O)c1ccc(Cl)cc1)c1nnc(-c2ccc(NS(C)(=O)=O)cc2)o1. The summed E-state index contributed by atoms with van der Waals surface area (Å²) in [6.07, 6.45) is 1.07. The average molecular weight is 421 g/mol. The molecule has 0 unspecified atom stereocenters. The van der Waals surface area contributed by atoms with Crippen molar-refractivity contribution in [3.8, 4) is 11.5 Å². The van der Waals surface area contributed by atoms with Gasteiger partial charge in [0.2, 0.25) is 21.8 Å². The lowest BCUT2D eigenvalue weighted by Crippen LogP contribution is -2.26. The van der Waals surface area contributed by atoms with E-state index in [9.17, 15) is 13.2 Å². The molecule has 0 aliphatic heterocycles. The molecule has 0 spiro atoms. The van der Waals surface area contributed by atoms with E-state index in [4.69, 9.17) is 16.0 Å². The van der Waals surface area contributed by atoms with E-state index < -0.39 is 16.1 Å². The van der Waals surface area contributed by atoms with Gasteiger partial charge in [-0.1, -0.05) is 11.6 Å². The normalized spacial score (nSPS) is 12.4.